The summed E-state index contributed by atoms with van der Waals surface area (Å²) in [7, 11) is 0. The molecule has 0 bridgehead atoms. The van der Waals surface area contributed by atoms with Crippen LogP contribution in [0.3, 0.4) is 0 Å². The molecule has 132 valence electrons. The van der Waals surface area contributed by atoms with E-state index in [1.165, 1.54) is 0 Å². The Morgan fingerprint density at radius 3 is 2.65 bits per heavy atom. The molecule has 0 aromatic heterocycles. The first kappa shape index (κ1) is 22.4. The van der Waals surface area contributed by atoms with Gasteiger partial charge in [-0.2, -0.15) is 11.8 Å². The Labute approximate surface area is 162 Å². The summed E-state index contributed by atoms with van der Waals surface area (Å²) in [5.74, 6) is 3.37. The maximum atomic E-state index is 5.88. The molecule has 1 aromatic rings. The van der Waals surface area contributed by atoms with Gasteiger partial charge in [0, 0.05) is 24.4 Å². The monoisotopic (exact) mass is 451 g/mol. The van der Waals surface area contributed by atoms with E-state index in [0.29, 0.717) is 12.5 Å². The molecule has 0 atom stereocenters. The third kappa shape index (κ3) is 9.96. The van der Waals surface area contributed by atoms with E-state index in [-0.39, 0.29) is 24.0 Å². The van der Waals surface area contributed by atoms with Crippen LogP contribution in [0, 0.1) is 5.92 Å². The summed E-state index contributed by atoms with van der Waals surface area (Å²) < 4.78 is 5.88. The summed E-state index contributed by atoms with van der Waals surface area (Å²) in [6, 6.07) is 8.12. The van der Waals surface area contributed by atoms with Gasteiger partial charge in [0.2, 0.25) is 0 Å². The minimum Gasteiger partial charge on any atom is -0.493 e. The minimum absolute atomic E-state index is 0. The molecule has 0 saturated heterocycles. The van der Waals surface area contributed by atoms with Crippen molar-refractivity contribution in [1.82, 2.24) is 10.6 Å². The molecule has 0 aliphatic heterocycles. The van der Waals surface area contributed by atoms with Crippen molar-refractivity contribution in [3.63, 3.8) is 0 Å². The molecule has 2 N–H and O–H groups in total. The number of hydrogen-bond donors (Lipinski definition) is 2. The van der Waals surface area contributed by atoms with Crippen LogP contribution in [0.4, 0.5) is 0 Å². The quantitative estimate of drug-likeness (QED) is 0.260. The van der Waals surface area contributed by atoms with Crippen LogP contribution < -0.4 is 15.4 Å². The molecule has 1 aromatic carbocycles. The molecule has 4 nitrogen and oxygen atoms in total. The zero-order chi connectivity index (χ0) is 16.2. The molecule has 0 radical (unpaired) electrons. The standard InChI is InChI=1S/C17H29N3OS.HI/c1-5-18-17(19-10-11-22-4)20-12-15-8-6-7-9-16(15)21-13-14(2)3;/h6-9,14H,5,10-13H2,1-4H3,(H2,18,19,20);1H. The zero-order valence-electron chi connectivity index (χ0n) is 14.6. The van der Waals surface area contributed by atoms with Gasteiger partial charge in [0.1, 0.15) is 5.75 Å². The van der Waals surface area contributed by atoms with Gasteiger partial charge in [-0.1, -0.05) is 32.0 Å². The third-order valence-corrected chi connectivity index (χ3v) is 3.51. The van der Waals surface area contributed by atoms with Crippen LogP contribution in [0.5, 0.6) is 5.75 Å². The summed E-state index contributed by atoms with van der Waals surface area (Å²) in [6.07, 6.45) is 2.11. The Hall–Kier alpha value is -0.630. The Morgan fingerprint density at radius 2 is 2.00 bits per heavy atom. The number of para-hydroxylation sites is 1. The number of hydrogen-bond acceptors (Lipinski definition) is 3. The SMILES string of the molecule is CCNC(=NCc1ccccc1OCC(C)C)NCCSC.I. The molecule has 0 aliphatic rings. The van der Waals surface area contributed by atoms with Crippen molar-refractivity contribution in [3.8, 4) is 5.75 Å². The van der Waals surface area contributed by atoms with Gasteiger partial charge < -0.3 is 15.4 Å². The average molecular weight is 451 g/mol. The fourth-order valence-electron chi connectivity index (χ4n) is 1.81. The summed E-state index contributed by atoms with van der Waals surface area (Å²) in [5, 5.41) is 6.61. The van der Waals surface area contributed by atoms with Gasteiger partial charge in [0.15, 0.2) is 5.96 Å². The van der Waals surface area contributed by atoms with E-state index in [2.05, 4.69) is 48.7 Å². The molecular formula is C17H30IN3OS. The third-order valence-electron chi connectivity index (χ3n) is 2.90. The smallest absolute Gasteiger partial charge is 0.191 e. The first-order chi connectivity index (χ1) is 10.7. The second-order valence-electron chi connectivity index (χ2n) is 5.43. The predicted molar refractivity (Wildman–Crippen MR) is 113 cm³/mol. The molecule has 23 heavy (non-hydrogen) atoms. The van der Waals surface area contributed by atoms with E-state index in [0.717, 1.165) is 42.7 Å². The number of ether oxygens (including phenoxy) is 1. The normalized spacial score (nSPS) is 11.1. The lowest BCUT2D eigenvalue weighted by atomic mass is 10.2. The van der Waals surface area contributed by atoms with Gasteiger partial charge in [0.05, 0.1) is 13.2 Å². The van der Waals surface area contributed by atoms with Crippen LogP contribution in [0.2, 0.25) is 0 Å². The molecule has 0 unspecified atom stereocenters. The topological polar surface area (TPSA) is 45.7 Å². The minimum atomic E-state index is 0. The van der Waals surface area contributed by atoms with Gasteiger partial charge in [-0.3, -0.25) is 0 Å². The lowest BCUT2D eigenvalue weighted by Gasteiger charge is -2.13. The first-order valence-electron chi connectivity index (χ1n) is 7.89. The lowest BCUT2D eigenvalue weighted by molar-refractivity contribution is 0.268. The van der Waals surface area contributed by atoms with Crippen molar-refractivity contribution in [3.05, 3.63) is 29.8 Å². The van der Waals surface area contributed by atoms with Gasteiger partial charge in [-0.15, -0.1) is 24.0 Å². The van der Waals surface area contributed by atoms with Crippen LogP contribution in [0.25, 0.3) is 0 Å². The maximum absolute atomic E-state index is 5.88. The predicted octanol–water partition coefficient (Wildman–Crippen LogP) is 3.76. The highest BCUT2D eigenvalue weighted by Crippen LogP contribution is 2.19. The van der Waals surface area contributed by atoms with E-state index < -0.39 is 0 Å². The van der Waals surface area contributed by atoms with Crippen LogP contribution in [-0.2, 0) is 6.54 Å². The second kappa shape index (κ2) is 13.8. The van der Waals surface area contributed by atoms with Gasteiger partial charge >= 0.3 is 0 Å². The van der Waals surface area contributed by atoms with Crippen LogP contribution in [0.1, 0.15) is 26.3 Å². The molecular weight excluding hydrogens is 421 g/mol. The molecule has 6 heteroatoms. The van der Waals surface area contributed by atoms with E-state index in [1.807, 2.05) is 30.0 Å². The highest BCUT2D eigenvalue weighted by atomic mass is 127. The van der Waals surface area contributed by atoms with Crippen molar-refractivity contribution in [2.75, 3.05) is 31.7 Å². The average Bonchev–Trinajstić information content (AvgIpc) is 2.51. The Balaban J connectivity index is 0.00000484. The maximum Gasteiger partial charge on any atom is 0.191 e. The molecule has 1 rings (SSSR count). The number of nitrogens with one attached hydrogen (secondary N) is 2. The number of aliphatic imine (C=N–C) groups is 1. The van der Waals surface area contributed by atoms with E-state index in [1.54, 1.807) is 0 Å². The number of rotatable bonds is 9. The van der Waals surface area contributed by atoms with Crippen molar-refractivity contribution in [1.29, 1.82) is 0 Å². The first-order valence-corrected chi connectivity index (χ1v) is 9.28. The zero-order valence-corrected chi connectivity index (χ0v) is 17.7. The van der Waals surface area contributed by atoms with Gasteiger partial charge in [-0.05, 0) is 25.2 Å². The van der Waals surface area contributed by atoms with E-state index in [4.69, 9.17) is 4.74 Å². The Morgan fingerprint density at radius 1 is 1.26 bits per heavy atom. The summed E-state index contributed by atoms with van der Waals surface area (Å²) in [4.78, 5) is 4.65. The van der Waals surface area contributed by atoms with Crippen molar-refractivity contribution >= 4 is 41.7 Å². The Kier molecular flexibility index (Phi) is 13.4. The largest absolute Gasteiger partial charge is 0.493 e. The molecule has 0 heterocycles. The highest BCUT2D eigenvalue weighted by Gasteiger charge is 2.04. The molecule has 0 amide bonds. The summed E-state index contributed by atoms with van der Waals surface area (Å²) in [5.41, 5.74) is 1.12. The van der Waals surface area contributed by atoms with E-state index in [9.17, 15) is 0 Å². The second-order valence-corrected chi connectivity index (χ2v) is 6.41. The summed E-state index contributed by atoms with van der Waals surface area (Å²) in [6.45, 7) is 9.50. The number of nitrogens with zero attached hydrogens (tertiary/aromatic N) is 1. The molecule has 0 aliphatic carbocycles. The van der Waals surface area contributed by atoms with Crippen LogP contribution >= 0.6 is 35.7 Å². The molecule has 0 saturated carbocycles. The van der Waals surface area contributed by atoms with Crippen molar-refractivity contribution < 1.29 is 4.74 Å². The number of halogens is 1. The van der Waals surface area contributed by atoms with Gasteiger partial charge in [-0.25, -0.2) is 4.99 Å². The molecule has 0 spiro atoms. The van der Waals surface area contributed by atoms with Gasteiger partial charge in [0.25, 0.3) is 0 Å². The lowest BCUT2D eigenvalue weighted by Crippen LogP contribution is -2.38. The number of thioether (sulfide) groups is 1. The van der Waals surface area contributed by atoms with Crippen molar-refractivity contribution in [2.45, 2.75) is 27.3 Å². The number of guanidine groups is 1. The highest BCUT2D eigenvalue weighted by molar-refractivity contribution is 14.0. The fourth-order valence-corrected chi connectivity index (χ4v) is 2.12. The molecule has 0 fully saturated rings. The Bertz CT molecular complexity index is 455. The number of benzene rings is 1. The van der Waals surface area contributed by atoms with Crippen LogP contribution in [0.15, 0.2) is 29.3 Å². The summed E-state index contributed by atoms with van der Waals surface area (Å²) >= 11 is 1.82. The van der Waals surface area contributed by atoms with E-state index >= 15 is 0 Å². The van der Waals surface area contributed by atoms with Crippen molar-refractivity contribution in [2.24, 2.45) is 10.9 Å². The fraction of sp³-hybridized carbons (Fsp3) is 0.588. The van der Waals surface area contributed by atoms with Crippen LogP contribution in [-0.4, -0.2) is 37.7 Å².